The standard InChI is InChI=1S/C22H27FN4O3/c1-14-11-27(12-15(2)30-14)22(29)19-10-24-25-21(19)17-7-8-26(13-17)20(28)9-16-3-5-18(23)6-4-16/h3-6,10,14-15,17H,7-9,11-13H2,1-2H3,(H,24,25)/t14-,15+,17-/m0/s1. The molecule has 7 nitrogen and oxygen atoms in total. The number of nitrogens with zero attached hydrogens (tertiary/aromatic N) is 3. The third-order valence-electron chi connectivity index (χ3n) is 5.82. The fourth-order valence-electron chi connectivity index (χ4n) is 4.40. The number of aromatic nitrogens is 2. The number of rotatable bonds is 4. The van der Waals surface area contributed by atoms with E-state index < -0.39 is 0 Å². The molecule has 2 saturated heterocycles. The zero-order valence-corrected chi connectivity index (χ0v) is 17.3. The van der Waals surface area contributed by atoms with Crippen LogP contribution in [0.1, 0.15) is 47.8 Å². The number of nitrogens with one attached hydrogen (secondary N) is 1. The van der Waals surface area contributed by atoms with Gasteiger partial charge in [-0.2, -0.15) is 5.10 Å². The Balaban J connectivity index is 1.41. The summed E-state index contributed by atoms with van der Waals surface area (Å²) in [6.07, 6.45) is 2.60. The van der Waals surface area contributed by atoms with Crippen LogP contribution in [-0.4, -0.2) is 70.2 Å². The van der Waals surface area contributed by atoms with Gasteiger partial charge in [0, 0.05) is 32.1 Å². The van der Waals surface area contributed by atoms with Gasteiger partial charge >= 0.3 is 0 Å². The van der Waals surface area contributed by atoms with Crippen LogP contribution in [0.15, 0.2) is 30.5 Å². The first kappa shape index (κ1) is 20.5. The Hall–Kier alpha value is -2.74. The normalized spacial score (nSPS) is 24.3. The van der Waals surface area contributed by atoms with Crippen molar-refractivity contribution in [3.8, 4) is 0 Å². The van der Waals surface area contributed by atoms with Crippen molar-refractivity contribution in [1.82, 2.24) is 20.0 Å². The predicted octanol–water partition coefficient (Wildman–Crippen LogP) is 2.36. The van der Waals surface area contributed by atoms with Crippen molar-refractivity contribution < 1.29 is 18.7 Å². The van der Waals surface area contributed by atoms with E-state index in [1.165, 1.54) is 12.1 Å². The highest BCUT2D eigenvalue weighted by molar-refractivity contribution is 5.95. The van der Waals surface area contributed by atoms with Crippen LogP contribution >= 0.6 is 0 Å². The van der Waals surface area contributed by atoms with Crippen molar-refractivity contribution in [3.05, 3.63) is 53.1 Å². The smallest absolute Gasteiger partial charge is 0.257 e. The Kier molecular flexibility index (Phi) is 5.85. The minimum atomic E-state index is -0.312. The van der Waals surface area contributed by atoms with Gasteiger partial charge < -0.3 is 14.5 Å². The number of hydrogen-bond acceptors (Lipinski definition) is 4. The fourth-order valence-corrected chi connectivity index (χ4v) is 4.40. The van der Waals surface area contributed by atoms with E-state index in [4.69, 9.17) is 4.74 Å². The van der Waals surface area contributed by atoms with E-state index in [1.807, 2.05) is 23.6 Å². The number of halogens is 1. The van der Waals surface area contributed by atoms with Crippen LogP contribution in [-0.2, 0) is 16.0 Å². The first-order valence-electron chi connectivity index (χ1n) is 10.4. The van der Waals surface area contributed by atoms with Crippen molar-refractivity contribution in [1.29, 1.82) is 0 Å². The monoisotopic (exact) mass is 414 g/mol. The Bertz CT molecular complexity index is 903. The number of H-pyrrole nitrogens is 1. The number of ether oxygens (including phenoxy) is 1. The van der Waals surface area contributed by atoms with Gasteiger partial charge in [-0.05, 0) is 38.0 Å². The van der Waals surface area contributed by atoms with Gasteiger partial charge in [0.25, 0.3) is 5.91 Å². The summed E-state index contributed by atoms with van der Waals surface area (Å²) in [5, 5.41) is 7.12. The lowest BCUT2D eigenvalue weighted by molar-refractivity contribution is -0.129. The second kappa shape index (κ2) is 8.55. The van der Waals surface area contributed by atoms with Crippen LogP contribution in [0.3, 0.4) is 0 Å². The molecule has 2 amide bonds. The van der Waals surface area contributed by atoms with Gasteiger partial charge in [0.2, 0.25) is 5.91 Å². The van der Waals surface area contributed by atoms with E-state index in [9.17, 15) is 14.0 Å². The zero-order valence-electron chi connectivity index (χ0n) is 17.3. The van der Waals surface area contributed by atoms with Gasteiger partial charge in [-0.25, -0.2) is 4.39 Å². The summed E-state index contributed by atoms with van der Waals surface area (Å²) in [6.45, 7) is 6.21. The van der Waals surface area contributed by atoms with E-state index in [0.29, 0.717) is 31.7 Å². The van der Waals surface area contributed by atoms with Crippen molar-refractivity contribution in [2.24, 2.45) is 0 Å². The molecule has 1 N–H and O–H groups in total. The van der Waals surface area contributed by atoms with Crippen LogP contribution in [0.25, 0.3) is 0 Å². The lowest BCUT2D eigenvalue weighted by Gasteiger charge is -2.35. The molecule has 2 aliphatic heterocycles. The SMILES string of the molecule is C[C@@H]1CN(C(=O)c2cn[nH]c2[C@H]2CCN(C(=O)Cc3ccc(F)cc3)C2)C[C@H](C)O1. The number of carbonyl (C=O) groups excluding carboxylic acids is 2. The molecule has 30 heavy (non-hydrogen) atoms. The molecule has 1 aromatic heterocycles. The zero-order chi connectivity index (χ0) is 21.3. The minimum Gasteiger partial charge on any atom is -0.372 e. The average molecular weight is 414 g/mol. The molecule has 0 spiro atoms. The molecule has 1 aromatic carbocycles. The molecule has 4 rings (SSSR count). The molecule has 0 unspecified atom stereocenters. The molecule has 0 bridgehead atoms. The maximum absolute atomic E-state index is 13.1. The van der Waals surface area contributed by atoms with Crippen LogP contribution in [0, 0.1) is 5.82 Å². The van der Waals surface area contributed by atoms with Crippen LogP contribution in [0.5, 0.6) is 0 Å². The van der Waals surface area contributed by atoms with Crippen LogP contribution < -0.4 is 0 Å². The number of hydrogen-bond donors (Lipinski definition) is 1. The largest absolute Gasteiger partial charge is 0.372 e. The van der Waals surface area contributed by atoms with Crippen LogP contribution in [0.4, 0.5) is 4.39 Å². The summed E-state index contributed by atoms with van der Waals surface area (Å²) >= 11 is 0. The first-order chi connectivity index (χ1) is 14.4. The summed E-state index contributed by atoms with van der Waals surface area (Å²) in [6, 6.07) is 6.00. The first-order valence-corrected chi connectivity index (χ1v) is 10.4. The lowest BCUT2D eigenvalue weighted by atomic mass is 10.00. The van der Waals surface area contributed by atoms with Crippen LogP contribution in [0.2, 0.25) is 0 Å². The Labute approximate surface area is 175 Å². The quantitative estimate of drug-likeness (QED) is 0.833. The third-order valence-corrected chi connectivity index (χ3v) is 5.82. The van der Waals surface area contributed by atoms with Gasteiger partial charge in [-0.1, -0.05) is 12.1 Å². The number of morpholine rings is 1. The summed E-state index contributed by atoms with van der Waals surface area (Å²) in [5.41, 5.74) is 2.16. The topological polar surface area (TPSA) is 78.5 Å². The number of likely N-dealkylation sites (tertiary alicyclic amines) is 1. The van der Waals surface area contributed by atoms with Crippen molar-refractivity contribution in [2.75, 3.05) is 26.2 Å². The Morgan fingerprint density at radius 1 is 1.13 bits per heavy atom. The number of amides is 2. The lowest BCUT2D eigenvalue weighted by Crippen LogP contribution is -2.48. The number of benzene rings is 1. The second-order valence-corrected chi connectivity index (χ2v) is 8.29. The molecule has 0 saturated carbocycles. The molecule has 3 heterocycles. The second-order valence-electron chi connectivity index (χ2n) is 8.29. The summed E-state index contributed by atoms with van der Waals surface area (Å²) in [4.78, 5) is 29.4. The Morgan fingerprint density at radius 3 is 2.53 bits per heavy atom. The molecule has 2 aliphatic rings. The maximum atomic E-state index is 13.1. The molecule has 160 valence electrons. The average Bonchev–Trinajstić information content (AvgIpc) is 3.37. The highest BCUT2D eigenvalue weighted by atomic mass is 19.1. The molecule has 0 radical (unpaired) electrons. The van der Waals surface area contributed by atoms with E-state index in [0.717, 1.165) is 17.7 Å². The van der Waals surface area contributed by atoms with Gasteiger partial charge in [0.1, 0.15) is 5.82 Å². The summed E-state index contributed by atoms with van der Waals surface area (Å²) in [7, 11) is 0. The van der Waals surface area contributed by atoms with E-state index in [2.05, 4.69) is 10.2 Å². The maximum Gasteiger partial charge on any atom is 0.257 e. The van der Waals surface area contributed by atoms with E-state index in [1.54, 1.807) is 18.3 Å². The van der Waals surface area contributed by atoms with Crippen molar-refractivity contribution >= 4 is 11.8 Å². The van der Waals surface area contributed by atoms with Gasteiger partial charge in [0.15, 0.2) is 0 Å². The number of aromatic amines is 1. The molecule has 8 heteroatoms. The highest BCUT2D eigenvalue weighted by Gasteiger charge is 2.34. The van der Waals surface area contributed by atoms with E-state index in [-0.39, 0.29) is 42.2 Å². The van der Waals surface area contributed by atoms with Gasteiger partial charge in [0.05, 0.1) is 36.1 Å². The number of carbonyl (C=O) groups is 2. The molecular formula is C22H27FN4O3. The van der Waals surface area contributed by atoms with Gasteiger partial charge in [-0.3, -0.25) is 14.7 Å². The van der Waals surface area contributed by atoms with Gasteiger partial charge in [-0.15, -0.1) is 0 Å². The highest BCUT2D eigenvalue weighted by Crippen LogP contribution is 2.29. The third kappa shape index (κ3) is 4.38. The molecule has 2 aromatic rings. The predicted molar refractivity (Wildman–Crippen MR) is 109 cm³/mol. The minimum absolute atomic E-state index is 0.000828. The molecular weight excluding hydrogens is 387 g/mol. The van der Waals surface area contributed by atoms with E-state index >= 15 is 0 Å². The fraction of sp³-hybridized carbons (Fsp3) is 0.500. The molecule has 2 fully saturated rings. The Morgan fingerprint density at radius 2 is 1.83 bits per heavy atom. The molecule has 3 atom stereocenters. The summed E-state index contributed by atoms with van der Waals surface area (Å²) < 4.78 is 18.8. The molecule has 0 aliphatic carbocycles. The summed E-state index contributed by atoms with van der Waals surface area (Å²) in [5.74, 6) is -0.309. The van der Waals surface area contributed by atoms with Crippen molar-refractivity contribution in [2.45, 2.75) is 44.8 Å². The van der Waals surface area contributed by atoms with Crippen molar-refractivity contribution in [3.63, 3.8) is 0 Å².